The maximum Gasteiger partial charge on any atom is 0.255 e. The Morgan fingerprint density at radius 3 is 2.57 bits per heavy atom. The van der Waals surface area contributed by atoms with E-state index in [0.29, 0.717) is 35.4 Å². The summed E-state index contributed by atoms with van der Waals surface area (Å²) in [7, 11) is 0. The summed E-state index contributed by atoms with van der Waals surface area (Å²) >= 11 is 0. The van der Waals surface area contributed by atoms with Gasteiger partial charge >= 0.3 is 0 Å². The second kappa shape index (κ2) is 6.83. The van der Waals surface area contributed by atoms with Gasteiger partial charge in [0.1, 0.15) is 5.75 Å². The van der Waals surface area contributed by atoms with Gasteiger partial charge in [0.05, 0.1) is 11.7 Å². The molecule has 1 aromatic rings. The number of carbonyl (C=O) groups excluding carboxylic acids is 1. The van der Waals surface area contributed by atoms with Crippen molar-refractivity contribution in [2.24, 2.45) is 11.8 Å². The lowest BCUT2D eigenvalue weighted by Crippen LogP contribution is -2.30. The number of anilines is 1. The van der Waals surface area contributed by atoms with E-state index < -0.39 is 0 Å². The number of ether oxygens (including phenoxy) is 1. The Bertz CT molecular complexity index is 492. The van der Waals surface area contributed by atoms with Gasteiger partial charge in [-0.15, -0.1) is 0 Å². The van der Waals surface area contributed by atoms with Crippen molar-refractivity contribution in [2.45, 2.75) is 46.1 Å². The summed E-state index contributed by atoms with van der Waals surface area (Å²) in [4.78, 5) is 12.1. The van der Waals surface area contributed by atoms with Crippen LogP contribution in [0.25, 0.3) is 0 Å². The molecule has 3 N–H and O–H groups in total. The fraction of sp³-hybridized carbons (Fsp3) is 0.588. The molecule has 21 heavy (non-hydrogen) atoms. The number of benzene rings is 1. The SMILES string of the molecule is CCNC(=O)c1ccc(N)cc1OC1CC(C)CC(C)C1. The Morgan fingerprint density at radius 2 is 1.95 bits per heavy atom. The monoisotopic (exact) mass is 290 g/mol. The first-order valence-electron chi connectivity index (χ1n) is 7.84. The Kier molecular flexibility index (Phi) is 5.10. The molecular formula is C17H26N2O2. The van der Waals surface area contributed by atoms with Crippen LogP contribution in [0.2, 0.25) is 0 Å². The van der Waals surface area contributed by atoms with Crippen LogP contribution in [-0.4, -0.2) is 18.6 Å². The Balaban J connectivity index is 2.18. The van der Waals surface area contributed by atoms with Crippen LogP contribution in [0, 0.1) is 11.8 Å². The summed E-state index contributed by atoms with van der Waals surface area (Å²) < 4.78 is 6.13. The molecule has 0 aliphatic heterocycles. The lowest BCUT2D eigenvalue weighted by atomic mass is 9.82. The third-order valence-corrected chi connectivity index (χ3v) is 4.02. The third-order valence-electron chi connectivity index (χ3n) is 4.02. The zero-order valence-corrected chi connectivity index (χ0v) is 13.2. The van der Waals surface area contributed by atoms with Crippen LogP contribution in [0.15, 0.2) is 18.2 Å². The molecule has 1 fully saturated rings. The van der Waals surface area contributed by atoms with Crippen molar-refractivity contribution < 1.29 is 9.53 Å². The smallest absolute Gasteiger partial charge is 0.255 e. The first-order chi connectivity index (χ1) is 9.99. The first-order valence-corrected chi connectivity index (χ1v) is 7.84. The molecule has 0 bridgehead atoms. The number of amides is 1. The van der Waals surface area contributed by atoms with E-state index in [-0.39, 0.29) is 12.0 Å². The number of nitrogens with one attached hydrogen (secondary N) is 1. The highest BCUT2D eigenvalue weighted by Gasteiger charge is 2.26. The Hall–Kier alpha value is -1.71. The number of hydrogen-bond donors (Lipinski definition) is 2. The van der Waals surface area contributed by atoms with Gasteiger partial charge in [-0.3, -0.25) is 4.79 Å². The number of nitrogens with two attached hydrogens (primary N) is 1. The van der Waals surface area contributed by atoms with Gasteiger partial charge in [0.2, 0.25) is 0 Å². The molecule has 0 aromatic heterocycles. The van der Waals surface area contributed by atoms with Gasteiger partial charge in [0.15, 0.2) is 0 Å². The zero-order chi connectivity index (χ0) is 15.4. The van der Waals surface area contributed by atoms with Crippen molar-refractivity contribution in [1.82, 2.24) is 5.32 Å². The zero-order valence-electron chi connectivity index (χ0n) is 13.2. The highest BCUT2D eigenvalue weighted by atomic mass is 16.5. The van der Waals surface area contributed by atoms with Gasteiger partial charge in [-0.25, -0.2) is 0 Å². The quantitative estimate of drug-likeness (QED) is 0.837. The molecule has 0 heterocycles. The van der Waals surface area contributed by atoms with E-state index in [0.717, 1.165) is 12.8 Å². The third kappa shape index (κ3) is 4.13. The predicted octanol–water partition coefficient (Wildman–Crippen LogP) is 3.22. The van der Waals surface area contributed by atoms with Crippen LogP contribution >= 0.6 is 0 Å². The minimum atomic E-state index is -0.107. The van der Waals surface area contributed by atoms with Gasteiger partial charge < -0.3 is 15.8 Å². The molecule has 116 valence electrons. The normalized spacial score (nSPS) is 25.4. The second-order valence-electron chi connectivity index (χ2n) is 6.27. The summed E-state index contributed by atoms with van der Waals surface area (Å²) in [5.41, 5.74) is 7.04. The molecule has 1 aliphatic carbocycles. The summed E-state index contributed by atoms with van der Waals surface area (Å²) in [5, 5.41) is 2.82. The fourth-order valence-corrected chi connectivity index (χ4v) is 3.23. The van der Waals surface area contributed by atoms with Crippen LogP contribution < -0.4 is 15.8 Å². The lowest BCUT2D eigenvalue weighted by molar-refractivity contribution is 0.0905. The van der Waals surface area contributed by atoms with Crippen LogP contribution in [0.4, 0.5) is 5.69 Å². The average molecular weight is 290 g/mol. The van der Waals surface area contributed by atoms with Crippen molar-refractivity contribution in [3.05, 3.63) is 23.8 Å². The van der Waals surface area contributed by atoms with Crippen LogP contribution in [0.3, 0.4) is 0 Å². The molecule has 0 saturated heterocycles. The van der Waals surface area contributed by atoms with E-state index >= 15 is 0 Å². The predicted molar refractivity (Wildman–Crippen MR) is 85.5 cm³/mol. The molecule has 1 amide bonds. The van der Waals surface area contributed by atoms with E-state index in [4.69, 9.17) is 10.5 Å². The van der Waals surface area contributed by atoms with Gasteiger partial charge in [0.25, 0.3) is 5.91 Å². The van der Waals surface area contributed by atoms with Gasteiger partial charge in [-0.05, 0) is 50.2 Å². The summed E-state index contributed by atoms with van der Waals surface area (Å²) in [6, 6.07) is 5.24. The fourth-order valence-electron chi connectivity index (χ4n) is 3.23. The van der Waals surface area contributed by atoms with E-state index in [1.54, 1.807) is 18.2 Å². The average Bonchev–Trinajstić information content (AvgIpc) is 2.37. The van der Waals surface area contributed by atoms with Gasteiger partial charge in [-0.2, -0.15) is 0 Å². The summed E-state index contributed by atoms with van der Waals surface area (Å²) in [5.74, 6) is 1.82. The standard InChI is InChI=1S/C17H26N2O2/c1-4-19-17(20)15-6-5-13(18)10-16(15)21-14-8-11(2)7-12(3)9-14/h5-6,10-12,14H,4,7-9,18H2,1-3H3,(H,19,20). The van der Waals surface area contributed by atoms with Crippen molar-refractivity contribution in [1.29, 1.82) is 0 Å². The maximum atomic E-state index is 12.1. The van der Waals surface area contributed by atoms with Crippen molar-refractivity contribution in [3.8, 4) is 5.75 Å². The molecule has 2 unspecified atom stereocenters. The van der Waals surface area contributed by atoms with E-state index in [1.807, 2.05) is 6.92 Å². The highest BCUT2D eigenvalue weighted by molar-refractivity contribution is 5.97. The maximum absolute atomic E-state index is 12.1. The number of nitrogen functional groups attached to an aromatic ring is 1. The molecular weight excluding hydrogens is 264 g/mol. The molecule has 4 nitrogen and oxygen atoms in total. The van der Waals surface area contributed by atoms with Crippen molar-refractivity contribution in [3.63, 3.8) is 0 Å². The largest absolute Gasteiger partial charge is 0.489 e. The van der Waals surface area contributed by atoms with Crippen LogP contribution in [0.5, 0.6) is 5.75 Å². The molecule has 2 atom stereocenters. The summed E-state index contributed by atoms with van der Waals surface area (Å²) in [6.45, 7) is 7.02. The van der Waals surface area contributed by atoms with E-state index in [9.17, 15) is 4.79 Å². The van der Waals surface area contributed by atoms with E-state index in [2.05, 4.69) is 19.2 Å². The molecule has 1 saturated carbocycles. The lowest BCUT2D eigenvalue weighted by Gasteiger charge is -2.32. The highest BCUT2D eigenvalue weighted by Crippen LogP contribution is 2.33. The summed E-state index contributed by atoms with van der Waals surface area (Å²) in [6.07, 6.45) is 3.49. The minimum absolute atomic E-state index is 0.107. The number of rotatable bonds is 4. The number of hydrogen-bond acceptors (Lipinski definition) is 3. The molecule has 2 rings (SSSR count). The van der Waals surface area contributed by atoms with Crippen LogP contribution in [-0.2, 0) is 0 Å². The molecule has 4 heteroatoms. The Morgan fingerprint density at radius 1 is 1.29 bits per heavy atom. The number of carbonyl (C=O) groups is 1. The second-order valence-corrected chi connectivity index (χ2v) is 6.27. The molecule has 1 aromatic carbocycles. The van der Waals surface area contributed by atoms with Gasteiger partial charge in [-0.1, -0.05) is 13.8 Å². The van der Waals surface area contributed by atoms with Gasteiger partial charge in [0, 0.05) is 18.3 Å². The van der Waals surface area contributed by atoms with Crippen molar-refractivity contribution in [2.75, 3.05) is 12.3 Å². The molecule has 1 aliphatic rings. The van der Waals surface area contributed by atoms with Crippen LogP contribution in [0.1, 0.15) is 50.4 Å². The minimum Gasteiger partial charge on any atom is -0.489 e. The van der Waals surface area contributed by atoms with Crippen molar-refractivity contribution >= 4 is 11.6 Å². The van der Waals surface area contributed by atoms with E-state index in [1.165, 1.54) is 6.42 Å². The first kappa shape index (κ1) is 15.7. The Labute approximate surface area is 127 Å². The molecule has 0 radical (unpaired) electrons. The molecule has 0 spiro atoms. The topological polar surface area (TPSA) is 64.4 Å².